The van der Waals surface area contributed by atoms with Gasteiger partial charge in [0.05, 0.1) is 24.5 Å². The Hall–Kier alpha value is -3.18. The number of nitrogens with two attached hydrogens (primary N) is 1. The zero-order valence-corrected chi connectivity index (χ0v) is 20.2. The Morgan fingerprint density at radius 3 is 2.76 bits per heavy atom. The van der Waals surface area contributed by atoms with Crippen molar-refractivity contribution >= 4 is 44.2 Å². The lowest BCUT2D eigenvalue weighted by atomic mass is 9.99. The Bertz CT molecular complexity index is 1520. The van der Waals surface area contributed by atoms with Crippen LogP contribution in [0.15, 0.2) is 53.7 Å². The Morgan fingerprint density at radius 2 is 2.00 bits per heavy atom. The molecule has 0 bridgehead atoms. The van der Waals surface area contributed by atoms with Crippen LogP contribution in [-0.2, 0) is 23.0 Å². The van der Waals surface area contributed by atoms with E-state index in [1.807, 2.05) is 12.1 Å². The molecule has 0 saturated heterocycles. The molecule has 0 saturated carbocycles. The first-order valence-corrected chi connectivity index (χ1v) is 12.5. The number of nitrogens with one attached hydrogen (secondary N) is 1. The molecule has 176 valence electrons. The number of para-hydroxylation sites is 1. The molecule has 1 aliphatic rings. The molecule has 3 N–H and O–H groups in total. The molecule has 34 heavy (non-hydrogen) atoms. The third kappa shape index (κ3) is 4.09. The van der Waals surface area contributed by atoms with E-state index in [9.17, 15) is 8.42 Å². The highest BCUT2D eigenvalue weighted by Crippen LogP contribution is 2.34. The summed E-state index contributed by atoms with van der Waals surface area (Å²) in [6.45, 7) is 1.84. The van der Waals surface area contributed by atoms with Gasteiger partial charge in [-0.2, -0.15) is 4.98 Å². The first kappa shape index (κ1) is 22.6. The van der Waals surface area contributed by atoms with Crippen molar-refractivity contribution in [1.82, 2.24) is 19.4 Å². The highest BCUT2D eigenvalue weighted by atomic mass is 35.5. The highest BCUT2D eigenvalue weighted by molar-refractivity contribution is 7.89. The lowest BCUT2D eigenvalue weighted by Gasteiger charge is -2.26. The van der Waals surface area contributed by atoms with E-state index in [4.69, 9.17) is 21.5 Å². The van der Waals surface area contributed by atoms with Gasteiger partial charge in [-0.25, -0.2) is 18.5 Å². The summed E-state index contributed by atoms with van der Waals surface area (Å²) in [5, 5.41) is 9.41. The van der Waals surface area contributed by atoms with E-state index in [0.29, 0.717) is 22.5 Å². The van der Waals surface area contributed by atoms with Gasteiger partial charge in [0, 0.05) is 24.7 Å². The van der Waals surface area contributed by atoms with Gasteiger partial charge in [0.1, 0.15) is 15.7 Å². The van der Waals surface area contributed by atoms with E-state index in [-0.39, 0.29) is 15.9 Å². The maximum atomic E-state index is 12.2. The fourth-order valence-corrected chi connectivity index (χ4v) is 5.17. The number of fused-ring (bicyclic) bond motifs is 2. The largest absolute Gasteiger partial charge is 0.495 e. The van der Waals surface area contributed by atoms with Crippen molar-refractivity contribution in [2.45, 2.75) is 17.9 Å². The molecular formula is C23H23ClN6O3S. The van der Waals surface area contributed by atoms with Gasteiger partial charge in [-0.1, -0.05) is 29.8 Å². The number of ether oxygens (including phenoxy) is 1. The van der Waals surface area contributed by atoms with Crippen LogP contribution in [0.4, 0.5) is 11.6 Å². The average Bonchev–Trinajstić information content (AvgIpc) is 3.20. The molecule has 4 aromatic rings. The molecule has 3 heterocycles. The smallest absolute Gasteiger partial charge is 0.240 e. The van der Waals surface area contributed by atoms with Gasteiger partial charge in [-0.05, 0) is 42.8 Å². The van der Waals surface area contributed by atoms with E-state index in [2.05, 4.69) is 27.2 Å². The molecule has 2 aromatic carbocycles. The van der Waals surface area contributed by atoms with Crippen LogP contribution < -0.4 is 15.2 Å². The number of halogens is 1. The number of hydrogen-bond acceptors (Lipinski definition) is 7. The third-order valence-corrected chi connectivity index (χ3v) is 7.11. The number of benzene rings is 2. The van der Waals surface area contributed by atoms with Crippen LogP contribution in [0.5, 0.6) is 5.75 Å². The number of methoxy groups -OCH3 is 1. The van der Waals surface area contributed by atoms with Crippen molar-refractivity contribution in [1.29, 1.82) is 0 Å². The molecule has 0 atom stereocenters. The standard InChI is InChI=1S/C23H23ClN6O3S/c1-29-8-7-14-10-20(33-2)18(9-15(14)12-29)27-23-26-11-17(24)22(28-23)30-13-21(34(25,31)32)16-5-3-4-6-19(16)30/h3-6,9-11,13H,7-8,12H2,1-2H3,(H2,25,31,32)(H,26,27,28). The molecular weight excluding hydrogens is 476 g/mol. The minimum atomic E-state index is -3.95. The quantitative estimate of drug-likeness (QED) is 0.433. The fraction of sp³-hybridized carbons (Fsp3) is 0.217. The van der Waals surface area contributed by atoms with Crippen LogP contribution in [0.1, 0.15) is 11.1 Å². The summed E-state index contributed by atoms with van der Waals surface area (Å²) in [4.78, 5) is 11.2. The monoisotopic (exact) mass is 498 g/mol. The second-order valence-electron chi connectivity index (χ2n) is 8.22. The van der Waals surface area contributed by atoms with Crippen LogP contribution in [0, 0.1) is 0 Å². The molecule has 0 aliphatic carbocycles. The fourth-order valence-electron chi connectivity index (χ4n) is 4.25. The van der Waals surface area contributed by atoms with Crippen molar-refractivity contribution in [3.63, 3.8) is 0 Å². The first-order chi connectivity index (χ1) is 16.2. The molecule has 0 fully saturated rings. The number of likely N-dealkylation sites (N-methyl/N-ethyl adjacent to an activating group) is 1. The van der Waals surface area contributed by atoms with Gasteiger partial charge in [0.2, 0.25) is 16.0 Å². The predicted molar refractivity (Wildman–Crippen MR) is 132 cm³/mol. The number of anilines is 2. The summed E-state index contributed by atoms with van der Waals surface area (Å²) in [5.41, 5.74) is 3.80. The number of nitrogens with zero attached hydrogens (tertiary/aromatic N) is 4. The van der Waals surface area contributed by atoms with Gasteiger partial charge >= 0.3 is 0 Å². The van der Waals surface area contributed by atoms with Gasteiger partial charge in [-0.15, -0.1) is 0 Å². The van der Waals surface area contributed by atoms with E-state index in [1.54, 1.807) is 35.9 Å². The lowest BCUT2D eigenvalue weighted by molar-refractivity contribution is 0.312. The molecule has 0 radical (unpaired) electrons. The van der Waals surface area contributed by atoms with Crippen LogP contribution in [-0.4, -0.2) is 48.6 Å². The number of aromatic nitrogens is 3. The molecule has 5 rings (SSSR count). The minimum Gasteiger partial charge on any atom is -0.495 e. The van der Waals surface area contributed by atoms with E-state index >= 15 is 0 Å². The molecule has 1 aliphatic heterocycles. The van der Waals surface area contributed by atoms with E-state index in [0.717, 1.165) is 25.2 Å². The summed E-state index contributed by atoms with van der Waals surface area (Å²) >= 11 is 6.44. The predicted octanol–water partition coefficient (Wildman–Crippen LogP) is 3.46. The summed E-state index contributed by atoms with van der Waals surface area (Å²) in [5.74, 6) is 1.30. The van der Waals surface area contributed by atoms with Crippen molar-refractivity contribution in [3.8, 4) is 11.6 Å². The zero-order valence-electron chi connectivity index (χ0n) is 18.6. The van der Waals surface area contributed by atoms with Gasteiger partial charge in [0.25, 0.3) is 0 Å². The Labute approximate surface area is 202 Å². The molecule has 2 aromatic heterocycles. The number of sulfonamides is 1. The SMILES string of the molecule is COc1cc2c(cc1Nc1ncc(Cl)c(-n3cc(S(N)(=O)=O)c4ccccc43)n1)CN(C)CC2. The number of primary sulfonamides is 1. The van der Waals surface area contributed by atoms with Crippen molar-refractivity contribution in [2.24, 2.45) is 5.14 Å². The maximum absolute atomic E-state index is 12.2. The second kappa shape index (κ2) is 8.55. The number of rotatable bonds is 5. The highest BCUT2D eigenvalue weighted by Gasteiger charge is 2.21. The molecule has 0 unspecified atom stereocenters. The Kier molecular flexibility index (Phi) is 5.68. The Balaban J connectivity index is 1.59. The van der Waals surface area contributed by atoms with Crippen LogP contribution in [0.2, 0.25) is 5.02 Å². The third-order valence-electron chi connectivity index (χ3n) is 5.91. The second-order valence-corrected chi connectivity index (χ2v) is 10.2. The van der Waals surface area contributed by atoms with Crippen molar-refractivity contribution in [2.75, 3.05) is 26.0 Å². The molecule has 11 heteroatoms. The van der Waals surface area contributed by atoms with Crippen LogP contribution >= 0.6 is 11.6 Å². The normalized spacial score (nSPS) is 14.2. The maximum Gasteiger partial charge on any atom is 0.240 e. The number of hydrogen-bond donors (Lipinski definition) is 2. The van der Waals surface area contributed by atoms with Crippen molar-refractivity contribution in [3.05, 3.63) is 64.9 Å². The average molecular weight is 499 g/mol. The summed E-state index contributed by atoms with van der Waals surface area (Å²) in [7, 11) is -0.243. The molecule has 0 amide bonds. The van der Waals surface area contributed by atoms with Crippen LogP contribution in [0.3, 0.4) is 0 Å². The van der Waals surface area contributed by atoms with Gasteiger partial charge in [-0.3, -0.25) is 4.57 Å². The van der Waals surface area contributed by atoms with Crippen molar-refractivity contribution < 1.29 is 13.2 Å². The molecule has 0 spiro atoms. The lowest BCUT2D eigenvalue weighted by Crippen LogP contribution is -2.26. The van der Waals surface area contributed by atoms with E-state index < -0.39 is 10.0 Å². The zero-order chi connectivity index (χ0) is 24.0. The van der Waals surface area contributed by atoms with E-state index in [1.165, 1.54) is 23.5 Å². The van der Waals surface area contributed by atoms with Crippen LogP contribution in [0.25, 0.3) is 16.7 Å². The summed E-state index contributed by atoms with van der Waals surface area (Å²) in [6.07, 6.45) is 3.85. The Morgan fingerprint density at radius 1 is 1.21 bits per heavy atom. The first-order valence-electron chi connectivity index (χ1n) is 10.6. The summed E-state index contributed by atoms with van der Waals surface area (Å²) in [6, 6.07) is 11.1. The molecule has 9 nitrogen and oxygen atoms in total. The topological polar surface area (TPSA) is 115 Å². The minimum absolute atomic E-state index is 0.00670. The van der Waals surface area contributed by atoms with Gasteiger partial charge < -0.3 is 15.0 Å². The summed E-state index contributed by atoms with van der Waals surface area (Å²) < 4.78 is 31.5. The van der Waals surface area contributed by atoms with Gasteiger partial charge in [0.15, 0.2) is 5.82 Å².